The van der Waals surface area contributed by atoms with E-state index >= 15 is 0 Å². The van der Waals surface area contributed by atoms with Gasteiger partial charge in [-0.05, 0) is 27.9 Å². The van der Waals surface area contributed by atoms with E-state index < -0.39 is 4.92 Å². The number of amides is 1. The Kier molecular flexibility index (Phi) is 4.62. The van der Waals surface area contributed by atoms with Gasteiger partial charge in [0.25, 0.3) is 5.69 Å². The van der Waals surface area contributed by atoms with Crippen LogP contribution in [0.5, 0.6) is 0 Å². The molecule has 1 rings (SSSR count). The minimum atomic E-state index is -0.495. The fourth-order valence-corrected chi connectivity index (χ4v) is 1.64. The smallest absolute Gasteiger partial charge is 0.271 e. The number of carbonyl (C=O) groups excluding carboxylic acids is 1. The second-order valence-electron chi connectivity index (χ2n) is 4.07. The van der Waals surface area contributed by atoms with Gasteiger partial charge in [0.15, 0.2) is 0 Å². The average Bonchev–Trinajstić information content (AvgIpc) is 2.19. The van der Waals surface area contributed by atoms with Gasteiger partial charge in [0.1, 0.15) is 0 Å². The molecule has 1 aromatic rings. The molecule has 0 spiro atoms. The molecule has 1 N–H and O–H groups in total. The number of nitrogens with zero attached hydrogens (tertiary/aromatic N) is 1. The Bertz CT molecular complexity index is 446. The molecule has 0 aliphatic rings. The highest BCUT2D eigenvalue weighted by atomic mass is 79.9. The molecule has 0 aliphatic carbocycles. The Labute approximate surface area is 107 Å². The molecule has 0 radical (unpaired) electrons. The molecule has 17 heavy (non-hydrogen) atoms. The third-order valence-corrected chi connectivity index (χ3v) is 2.72. The number of anilines is 1. The molecule has 92 valence electrons. The third-order valence-electron chi connectivity index (χ3n) is 2.03. The Hall–Kier alpha value is -1.43. The molecule has 0 aromatic heterocycles. The van der Waals surface area contributed by atoms with Crippen molar-refractivity contribution < 1.29 is 9.72 Å². The van der Waals surface area contributed by atoms with E-state index in [1.807, 2.05) is 13.8 Å². The van der Waals surface area contributed by atoms with Crippen LogP contribution in [0, 0.1) is 16.0 Å². The zero-order valence-electron chi connectivity index (χ0n) is 9.57. The number of hydrogen-bond donors (Lipinski definition) is 1. The number of non-ortho nitro benzene ring substituents is 1. The Morgan fingerprint density at radius 1 is 1.53 bits per heavy atom. The first-order valence-corrected chi connectivity index (χ1v) is 5.93. The SMILES string of the molecule is CC(C)CC(=O)Nc1cc([N+](=O)[O-])ccc1Br. The van der Waals surface area contributed by atoms with Crippen LogP contribution in [0.1, 0.15) is 20.3 Å². The lowest BCUT2D eigenvalue weighted by atomic mass is 10.1. The number of halogens is 1. The van der Waals surface area contributed by atoms with Gasteiger partial charge in [0, 0.05) is 23.0 Å². The summed E-state index contributed by atoms with van der Waals surface area (Å²) < 4.78 is 0.625. The number of nitro groups is 1. The molecule has 1 aromatic carbocycles. The molecule has 0 saturated carbocycles. The van der Waals surface area contributed by atoms with Crippen LogP contribution in [0.3, 0.4) is 0 Å². The van der Waals surface area contributed by atoms with Gasteiger partial charge in [-0.3, -0.25) is 14.9 Å². The molecule has 0 bridgehead atoms. The number of rotatable bonds is 4. The van der Waals surface area contributed by atoms with Crippen LogP contribution in [0.2, 0.25) is 0 Å². The van der Waals surface area contributed by atoms with Gasteiger partial charge in [-0.25, -0.2) is 0 Å². The molecule has 0 aliphatic heterocycles. The van der Waals surface area contributed by atoms with Gasteiger partial charge in [-0.1, -0.05) is 13.8 Å². The van der Waals surface area contributed by atoms with Crippen LogP contribution in [0.15, 0.2) is 22.7 Å². The molecule has 0 heterocycles. The monoisotopic (exact) mass is 300 g/mol. The molecule has 5 nitrogen and oxygen atoms in total. The van der Waals surface area contributed by atoms with E-state index in [-0.39, 0.29) is 17.5 Å². The van der Waals surface area contributed by atoms with Crippen molar-refractivity contribution in [3.8, 4) is 0 Å². The first-order chi connectivity index (χ1) is 7.90. The highest BCUT2D eigenvalue weighted by Crippen LogP contribution is 2.27. The maximum atomic E-state index is 11.6. The first-order valence-electron chi connectivity index (χ1n) is 5.14. The summed E-state index contributed by atoms with van der Waals surface area (Å²) in [7, 11) is 0. The van der Waals surface area contributed by atoms with Gasteiger partial charge >= 0.3 is 0 Å². The van der Waals surface area contributed by atoms with Crippen LogP contribution in [0.25, 0.3) is 0 Å². The van der Waals surface area contributed by atoms with Crippen molar-refractivity contribution in [2.45, 2.75) is 20.3 Å². The molecular formula is C11H13BrN2O3. The number of benzene rings is 1. The zero-order valence-corrected chi connectivity index (χ0v) is 11.2. The van der Waals surface area contributed by atoms with Crippen molar-refractivity contribution in [3.63, 3.8) is 0 Å². The van der Waals surface area contributed by atoms with Crippen LogP contribution < -0.4 is 5.32 Å². The van der Waals surface area contributed by atoms with E-state index in [1.54, 1.807) is 6.07 Å². The fraction of sp³-hybridized carbons (Fsp3) is 0.364. The Morgan fingerprint density at radius 3 is 2.71 bits per heavy atom. The zero-order chi connectivity index (χ0) is 13.0. The Morgan fingerprint density at radius 2 is 2.18 bits per heavy atom. The van der Waals surface area contributed by atoms with E-state index in [2.05, 4.69) is 21.2 Å². The van der Waals surface area contributed by atoms with Gasteiger partial charge in [0.2, 0.25) is 5.91 Å². The van der Waals surface area contributed by atoms with Crippen LogP contribution in [-0.2, 0) is 4.79 Å². The topological polar surface area (TPSA) is 72.2 Å². The summed E-state index contributed by atoms with van der Waals surface area (Å²) in [5.41, 5.74) is 0.373. The van der Waals surface area contributed by atoms with E-state index in [0.717, 1.165) is 0 Å². The predicted octanol–water partition coefficient (Wildman–Crippen LogP) is 3.34. The quantitative estimate of drug-likeness (QED) is 0.684. The van der Waals surface area contributed by atoms with Crippen LogP contribution in [0.4, 0.5) is 11.4 Å². The lowest BCUT2D eigenvalue weighted by Crippen LogP contribution is -2.14. The summed E-state index contributed by atoms with van der Waals surface area (Å²) in [4.78, 5) is 21.7. The average molecular weight is 301 g/mol. The third kappa shape index (κ3) is 4.14. The largest absolute Gasteiger partial charge is 0.325 e. The Balaban J connectivity index is 2.86. The second kappa shape index (κ2) is 5.77. The highest BCUT2D eigenvalue weighted by Gasteiger charge is 2.12. The summed E-state index contributed by atoms with van der Waals surface area (Å²) in [6.07, 6.45) is 0.384. The number of carbonyl (C=O) groups is 1. The van der Waals surface area contributed by atoms with E-state index in [1.165, 1.54) is 12.1 Å². The molecule has 6 heteroatoms. The van der Waals surface area contributed by atoms with Gasteiger partial charge in [0.05, 0.1) is 10.6 Å². The summed E-state index contributed by atoms with van der Waals surface area (Å²) in [6, 6.07) is 4.26. The number of nitrogens with one attached hydrogen (secondary N) is 1. The van der Waals surface area contributed by atoms with Crippen molar-refractivity contribution in [1.29, 1.82) is 0 Å². The molecular weight excluding hydrogens is 288 g/mol. The van der Waals surface area contributed by atoms with Crippen molar-refractivity contribution in [2.24, 2.45) is 5.92 Å². The van der Waals surface area contributed by atoms with Gasteiger partial charge in [-0.2, -0.15) is 0 Å². The van der Waals surface area contributed by atoms with Crippen molar-refractivity contribution in [3.05, 3.63) is 32.8 Å². The van der Waals surface area contributed by atoms with Crippen molar-refractivity contribution in [2.75, 3.05) is 5.32 Å². The van der Waals surface area contributed by atoms with Crippen LogP contribution >= 0.6 is 15.9 Å². The maximum absolute atomic E-state index is 11.6. The molecule has 0 atom stereocenters. The highest BCUT2D eigenvalue weighted by molar-refractivity contribution is 9.10. The fourth-order valence-electron chi connectivity index (χ4n) is 1.29. The number of nitro benzene ring substituents is 1. The normalized spacial score (nSPS) is 10.4. The van der Waals surface area contributed by atoms with Crippen molar-refractivity contribution >= 4 is 33.2 Å². The number of hydrogen-bond acceptors (Lipinski definition) is 3. The minimum absolute atomic E-state index is 0.0481. The van der Waals surface area contributed by atoms with Gasteiger partial charge < -0.3 is 5.32 Å². The lowest BCUT2D eigenvalue weighted by Gasteiger charge is -2.08. The second-order valence-corrected chi connectivity index (χ2v) is 4.92. The summed E-state index contributed by atoms with van der Waals surface area (Å²) >= 11 is 3.24. The van der Waals surface area contributed by atoms with Crippen molar-refractivity contribution in [1.82, 2.24) is 0 Å². The standard InChI is InChI=1S/C11H13BrN2O3/c1-7(2)5-11(15)13-10-6-8(14(16)17)3-4-9(10)12/h3-4,6-7H,5H2,1-2H3,(H,13,15). The molecule has 0 saturated heterocycles. The van der Waals surface area contributed by atoms with E-state index in [4.69, 9.17) is 0 Å². The van der Waals surface area contributed by atoms with Gasteiger partial charge in [-0.15, -0.1) is 0 Å². The lowest BCUT2D eigenvalue weighted by molar-refractivity contribution is -0.384. The predicted molar refractivity (Wildman–Crippen MR) is 68.9 cm³/mol. The summed E-state index contributed by atoms with van der Waals surface area (Å²) in [5, 5.41) is 13.3. The minimum Gasteiger partial charge on any atom is -0.325 e. The molecule has 0 fully saturated rings. The molecule has 1 amide bonds. The van der Waals surface area contributed by atoms with E-state index in [0.29, 0.717) is 16.6 Å². The van der Waals surface area contributed by atoms with E-state index in [9.17, 15) is 14.9 Å². The maximum Gasteiger partial charge on any atom is 0.271 e. The summed E-state index contributed by atoms with van der Waals surface area (Å²) in [5.74, 6) is 0.0914. The molecule has 0 unspecified atom stereocenters. The first kappa shape index (κ1) is 13.6. The van der Waals surface area contributed by atoms with Crippen LogP contribution in [-0.4, -0.2) is 10.8 Å². The summed E-state index contributed by atoms with van der Waals surface area (Å²) in [6.45, 7) is 3.87.